The van der Waals surface area contributed by atoms with Gasteiger partial charge in [-0.05, 0) is 22.0 Å². The van der Waals surface area contributed by atoms with Crippen LogP contribution in [0.15, 0.2) is 0 Å². The summed E-state index contributed by atoms with van der Waals surface area (Å²) in [6, 6.07) is 0. The van der Waals surface area contributed by atoms with Crippen LogP contribution >= 0.6 is 64.0 Å². The van der Waals surface area contributed by atoms with Crippen molar-refractivity contribution in [1.82, 2.24) is 0 Å². The first-order valence-corrected chi connectivity index (χ1v) is 18.4. The highest BCUT2D eigenvalue weighted by molar-refractivity contribution is 9.52. The van der Waals surface area contributed by atoms with E-state index in [2.05, 4.69) is 43.1 Å². The molecule has 2 bridgehead atoms. The van der Waals surface area contributed by atoms with Gasteiger partial charge in [-0.15, -0.1) is 0 Å². The van der Waals surface area contributed by atoms with Crippen LogP contribution in [-0.2, 0) is 11.8 Å². The SMILES string of the molecule is S=P12Sp3sp(p1s3)S2. The summed E-state index contributed by atoms with van der Waals surface area (Å²) in [7, 11) is 4.59. The van der Waals surface area contributed by atoms with Crippen LogP contribution in [0.2, 0.25) is 0 Å². The van der Waals surface area contributed by atoms with Crippen LogP contribution in [0, 0.1) is 0 Å². The van der Waals surface area contributed by atoms with Crippen LogP contribution in [0.3, 0.4) is 0 Å². The molecule has 0 N–H and O–H groups in total. The van der Waals surface area contributed by atoms with Gasteiger partial charge in [-0.1, -0.05) is 32.9 Å². The van der Waals surface area contributed by atoms with Crippen molar-refractivity contribution >= 4 is 75.8 Å². The third-order valence-electron chi connectivity index (χ3n) is 0.968. The Bertz CT molecular complexity index is 335. The molecule has 50 valence electrons. The van der Waals surface area contributed by atoms with E-state index >= 15 is 0 Å². The molecular weight excluding hydrogens is 284 g/mol. The molecule has 0 saturated heterocycles. The van der Waals surface area contributed by atoms with Crippen LogP contribution < -0.4 is 0 Å². The second-order valence-corrected chi connectivity index (χ2v) is 40.8. The van der Waals surface area contributed by atoms with Gasteiger partial charge in [0.1, 0.15) is 4.13 Å². The van der Waals surface area contributed by atoms with Gasteiger partial charge in [0.05, 0.1) is 5.09 Å². The average Bonchev–Trinajstić information content (AvgIpc) is 2.20. The van der Waals surface area contributed by atoms with Crippen LogP contribution in [0.4, 0.5) is 0 Å². The summed E-state index contributed by atoms with van der Waals surface area (Å²) in [5.41, 5.74) is 0.430. The highest BCUT2D eigenvalue weighted by Gasteiger charge is 2.45. The summed E-state index contributed by atoms with van der Waals surface area (Å²) >= 11 is 10.0. The molecule has 4 atom stereocenters. The predicted octanol–water partition coefficient (Wildman–Crippen LogP) is 5.99. The van der Waals surface area contributed by atoms with E-state index < -0.39 is 4.13 Å². The molecule has 0 spiro atoms. The monoisotopic (exact) mass is 284 g/mol. The van der Waals surface area contributed by atoms with Gasteiger partial charge in [0.2, 0.25) is 0 Å². The normalized spacial score (nSPS) is 40.7. The highest BCUT2D eigenvalue weighted by atomic mass is 33.9. The van der Waals surface area contributed by atoms with Crippen molar-refractivity contribution < 1.29 is 0 Å². The fraction of sp³-hybridized carbons (Fsp3) is 0. The fourth-order valence-corrected chi connectivity index (χ4v) is 146. The molecule has 9 heteroatoms. The van der Waals surface area contributed by atoms with Gasteiger partial charge in [-0.3, -0.25) is 0 Å². The lowest BCUT2D eigenvalue weighted by atomic mass is 29.0. The van der Waals surface area contributed by atoms with Gasteiger partial charge in [-0.2, -0.15) is 0 Å². The van der Waals surface area contributed by atoms with Crippen LogP contribution in [0.5, 0.6) is 0 Å². The third kappa shape index (κ3) is 0.857. The molecular formula is P4S5. The quantitative estimate of drug-likeness (QED) is 0.537. The maximum Gasteiger partial charge on any atom is 0.132 e. The lowest BCUT2D eigenvalue weighted by Gasteiger charge is -2.26. The van der Waals surface area contributed by atoms with Gasteiger partial charge >= 0.3 is 0 Å². The van der Waals surface area contributed by atoms with E-state index in [0.29, 0.717) is 16.8 Å². The minimum absolute atomic E-state index is 0.325. The Balaban J connectivity index is 2.57. The second-order valence-electron chi connectivity index (χ2n) is 1.51. The largest absolute Gasteiger partial charge is 0.132 e. The number of hydrogen-bond acceptors (Lipinski definition) is 5. The molecule has 4 unspecified atom stereocenters. The Labute approximate surface area is 75.1 Å². The zero-order valence-corrected chi connectivity index (χ0v) is 11.5. The Morgan fingerprint density at radius 3 is 2.44 bits per heavy atom. The molecule has 0 radical (unpaired) electrons. The summed E-state index contributed by atoms with van der Waals surface area (Å²) < 4.78 is -0.729. The van der Waals surface area contributed by atoms with Gasteiger partial charge in [0.15, 0.2) is 0 Å². The van der Waals surface area contributed by atoms with E-state index in [4.69, 9.17) is 11.8 Å². The second kappa shape index (κ2) is 2.13. The summed E-state index contributed by atoms with van der Waals surface area (Å²) in [5, 5.41) is 0.325. The van der Waals surface area contributed by atoms with Crippen LogP contribution in [-0.4, -0.2) is 0 Å². The van der Waals surface area contributed by atoms with Crippen molar-refractivity contribution in [3.05, 3.63) is 0 Å². The summed E-state index contributed by atoms with van der Waals surface area (Å²) in [4.78, 5) is 0. The summed E-state index contributed by atoms with van der Waals surface area (Å²) in [5.74, 6) is 0. The zero-order chi connectivity index (χ0) is 6.06. The molecule has 3 heterocycles. The molecule has 0 nitrogen and oxygen atoms in total. The molecule has 0 fully saturated rings. The minimum atomic E-state index is -0.729. The van der Waals surface area contributed by atoms with Crippen molar-refractivity contribution in [2.45, 2.75) is 0 Å². The van der Waals surface area contributed by atoms with E-state index in [0.717, 1.165) is 0 Å². The average molecular weight is 284 g/mol. The van der Waals surface area contributed by atoms with Gasteiger partial charge < -0.3 is 0 Å². The van der Waals surface area contributed by atoms with E-state index in [1.807, 2.05) is 0 Å². The molecule has 1 aromatic rings. The lowest BCUT2D eigenvalue weighted by molar-refractivity contribution is 4.77. The molecule has 3 rings (SSSR count). The maximum absolute atomic E-state index is 5.59. The van der Waals surface area contributed by atoms with Gasteiger partial charge in [0, 0.05) is 11.7 Å². The first-order valence-electron chi connectivity index (χ1n) is 2.04. The molecule has 0 amide bonds. The van der Waals surface area contributed by atoms with Crippen molar-refractivity contribution in [2.24, 2.45) is 0 Å². The molecule has 9 heavy (non-hydrogen) atoms. The zero-order valence-electron chi connectivity index (χ0n) is 3.83. The molecule has 2 aliphatic rings. The van der Waals surface area contributed by atoms with E-state index in [1.165, 1.54) is 0 Å². The fourth-order valence-electron chi connectivity index (χ4n) is 0.625. The van der Waals surface area contributed by atoms with Gasteiger partial charge in [0.25, 0.3) is 0 Å². The van der Waals surface area contributed by atoms with E-state index in [9.17, 15) is 0 Å². The molecule has 2 aliphatic heterocycles. The van der Waals surface area contributed by atoms with Crippen LogP contribution in [0.25, 0.3) is 0 Å². The van der Waals surface area contributed by atoms with Crippen molar-refractivity contribution in [3.63, 3.8) is 0 Å². The number of rotatable bonds is 0. The summed E-state index contributed by atoms with van der Waals surface area (Å²) in [6.45, 7) is 0. The number of fused-ring (bicyclic) bond motifs is 1. The Morgan fingerprint density at radius 1 is 1.22 bits per heavy atom. The Kier molecular flexibility index (Phi) is 1.69. The van der Waals surface area contributed by atoms with Crippen LogP contribution in [0.1, 0.15) is 0 Å². The molecule has 0 aliphatic carbocycles. The van der Waals surface area contributed by atoms with Crippen molar-refractivity contribution in [2.75, 3.05) is 0 Å². The first-order chi connectivity index (χ1) is 4.28. The minimum Gasteiger partial charge on any atom is -0.0740 e. The topological polar surface area (TPSA) is 0 Å². The van der Waals surface area contributed by atoms with Crippen molar-refractivity contribution in [1.29, 1.82) is 0 Å². The standard InChI is InChI=1S/P4S5/c5-4-1-2(8-4)7-3(6-1)9-4. The molecule has 0 saturated carbocycles. The maximum atomic E-state index is 5.59. The highest BCUT2D eigenvalue weighted by Crippen LogP contribution is 3.19. The Hall–Kier alpha value is 2.69. The molecule has 0 aromatic carbocycles. The van der Waals surface area contributed by atoms with E-state index in [1.54, 1.807) is 0 Å². The summed E-state index contributed by atoms with van der Waals surface area (Å²) in [6.07, 6.45) is 0.410. The first kappa shape index (κ1) is 7.13. The smallest absolute Gasteiger partial charge is 0.0740 e. The van der Waals surface area contributed by atoms with Gasteiger partial charge in [-0.25, -0.2) is 0 Å². The Morgan fingerprint density at radius 2 is 2.11 bits per heavy atom. The number of hydrogen-bond donors (Lipinski definition) is 0. The predicted molar refractivity (Wildman–Crippen MR) is 63.6 cm³/mol. The third-order valence-corrected chi connectivity index (χ3v) is 78.4. The van der Waals surface area contributed by atoms with Crippen molar-refractivity contribution in [3.8, 4) is 0 Å². The lowest BCUT2D eigenvalue weighted by Crippen LogP contribution is -1.54. The molecule has 1 aromatic heterocycles. The van der Waals surface area contributed by atoms with E-state index in [-0.39, 0.29) is 0 Å².